The van der Waals surface area contributed by atoms with Gasteiger partial charge in [-0.1, -0.05) is 52.8 Å². The molecule has 0 N–H and O–H groups in total. The molecule has 0 aromatic carbocycles. The van der Waals surface area contributed by atoms with Crippen molar-refractivity contribution < 1.29 is 0 Å². The second kappa shape index (κ2) is 12.3. The van der Waals surface area contributed by atoms with E-state index in [1.165, 1.54) is 18.3 Å². The predicted molar refractivity (Wildman–Crippen MR) is 128 cm³/mol. The van der Waals surface area contributed by atoms with Gasteiger partial charge in [0.15, 0.2) is 0 Å². The quantitative estimate of drug-likeness (QED) is 0.226. The fourth-order valence-corrected chi connectivity index (χ4v) is 10.6. The average molecular weight is 479 g/mol. The van der Waals surface area contributed by atoms with Crippen LogP contribution in [0.15, 0.2) is 32.5 Å². The van der Waals surface area contributed by atoms with Gasteiger partial charge in [-0.15, -0.1) is 23.5 Å². The van der Waals surface area contributed by atoms with Crippen molar-refractivity contribution in [3.8, 4) is 12.1 Å². The first-order valence-corrected chi connectivity index (χ1v) is 13.6. The molecule has 25 heavy (non-hydrogen) atoms. The van der Waals surface area contributed by atoms with Crippen molar-refractivity contribution in [3.05, 3.63) is 32.5 Å². The van der Waals surface area contributed by atoms with E-state index in [-0.39, 0.29) is 0 Å². The summed E-state index contributed by atoms with van der Waals surface area (Å²) in [5.74, 6) is 3.06. The van der Waals surface area contributed by atoms with Crippen LogP contribution < -0.4 is 0 Å². The Bertz CT molecular complexity index is 667. The van der Waals surface area contributed by atoms with E-state index < -0.39 is 0 Å². The smallest absolute Gasteiger partial charge is 0.0949 e. The van der Waals surface area contributed by atoms with Gasteiger partial charge in [0.2, 0.25) is 0 Å². The van der Waals surface area contributed by atoms with Crippen molar-refractivity contribution in [2.45, 2.75) is 12.8 Å². The average Bonchev–Trinajstić information content (AvgIpc) is 3.19. The maximum absolute atomic E-state index is 8.74. The Morgan fingerprint density at radius 3 is 1.60 bits per heavy atom. The molecule has 0 spiro atoms. The van der Waals surface area contributed by atoms with Crippen LogP contribution in [0.1, 0.15) is 12.8 Å². The zero-order chi connectivity index (χ0) is 18.1. The van der Waals surface area contributed by atoms with Crippen molar-refractivity contribution in [1.82, 2.24) is 0 Å². The van der Waals surface area contributed by atoms with Gasteiger partial charge in [-0.2, -0.15) is 35.8 Å². The summed E-state index contributed by atoms with van der Waals surface area (Å²) in [5.41, 5.74) is 3.52. The number of nitrogens with zero attached hydrogens (tertiary/aromatic N) is 2. The molecule has 0 atom stereocenters. The lowest BCUT2D eigenvalue weighted by atomic mass is 10.6. The Morgan fingerprint density at radius 1 is 0.760 bits per heavy atom. The molecule has 2 aliphatic rings. The van der Waals surface area contributed by atoms with Crippen LogP contribution in [0.2, 0.25) is 0 Å². The highest BCUT2D eigenvalue weighted by molar-refractivity contribution is 8.40. The molecule has 0 amide bonds. The van der Waals surface area contributed by atoms with E-state index in [4.69, 9.17) is 10.5 Å². The van der Waals surface area contributed by atoms with E-state index >= 15 is 0 Å². The predicted octanol–water partition coefficient (Wildman–Crippen LogP) is 6.72. The van der Waals surface area contributed by atoms with Crippen molar-refractivity contribution >= 4 is 95.8 Å². The van der Waals surface area contributed by atoms with Gasteiger partial charge in [-0.25, -0.2) is 0 Å². The monoisotopic (exact) mass is 478 g/mol. The molecule has 0 aromatic heterocycles. The number of thiol groups is 2. The van der Waals surface area contributed by atoms with Crippen LogP contribution >= 0.6 is 95.8 Å². The molecule has 132 valence electrons. The summed E-state index contributed by atoms with van der Waals surface area (Å²) in [5, 5.41) is 17.5. The maximum atomic E-state index is 8.74. The van der Waals surface area contributed by atoms with E-state index in [0.29, 0.717) is 12.8 Å². The van der Waals surface area contributed by atoms with Gasteiger partial charge in [0.1, 0.15) is 0 Å². The number of nitriles is 2. The summed E-state index contributed by atoms with van der Waals surface area (Å²) in [6, 6.07) is 4.38. The minimum atomic E-state index is 0.544. The molecule has 0 saturated carbocycles. The molecule has 2 rings (SSSR count). The minimum absolute atomic E-state index is 0.544. The topological polar surface area (TPSA) is 47.6 Å². The summed E-state index contributed by atoms with van der Waals surface area (Å²) in [6.45, 7) is 0. The lowest BCUT2D eigenvalue weighted by Gasteiger charge is -2.01. The van der Waals surface area contributed by atoms with Crippen LogP contribution in [0.3, 0.4) is 0 Å². The van der Waals surface area contributed by atoms with Gasteiger partial charge >= 0.3 is 0 Å². The van der Waals surface area contributed by atoms with Crippen molar-refractivity contribution in [2.24, 2.45) is 0 Å². The van der Waals surface area contributed by atoms with Gasteiger partial charge in [-0.05, 0) is 0 Å². The zero-order valence-corrected chi connectivity index (χ0v) is 19.7. The van der Waals surface area contributed by atoms with Gasteiger partial charge in [0.25, 0.3) is 0 Å². The van der Waals surface area contributed by atoms with Crippen LogP contribution in [-0.4, -0.2) is 23.0 Å². The third-order valence-electron chi connectivity index (χ3n) is 2.67. The van der Waals surface area contributed by atoms with Crippen LogP contribution in [0.25, 0.3) is 0 Å². The Labute approximate surface area is 185 Å². The van der Waals surface area contributed by atoms with Crippen LogP contribution in [0.5, 0.6) is 0 Å². The van der Waals surface area contributed by atoms with Crippen LogP contribution in [0, 0.1) is 22.7 Å². The molecule has 0 unspecified atom stereocenters. The molecule has 10 heteroatoms. The SMILES string of the molecule is N#CCCSC1=C(SCCC#N)SC(=C=C2SC(CS)=C(CS)S2)S1. The zero-order valence-electron chi connectivity index (χ0n) is 13.0. The number of hydrogen-bond acceptors (Lipinski definition) is 10. The molecule has 0 aliphatic carbocycles. The first kappa shape index (κ1) is 22.1. The number of thioether (sulfide) groups is 6. The molecular formula is C15H14N2S8. The molecule has 0 aromatic rings. The third kappa shape index (κ3) is 7.03. The Balaban J connectivity index is 2.09. The van der Waals surface area contributed by atoms with E-state index in [9.17, 15) is 0 Å². The summed E-state index contributed by atoms with van der Waals surface area (Å²) in [6.07, 6.45) is 1.09. The minimum Gasteiger partial charge on any atom is -0.198 e. The highest BCUT2D eigenvalue weighted by atomic mass is 32.3. The highest BCUT2D eigenvalue weighted by Crippen LogP contribution is 2.58. The Morgan fingerprint density at radius 2 is 1.20 bits per heavy atom. The second-order valence-corrected chi connectivity index (χ2v) is 12.5. The number of hydrogen-bond donors (Lipinski definition) is 2. The van der Waals surface area contributed by atoms with Gasteiger partial charge in [-0.3, -0.25) is 0 Å². The van der Waals surface area contributed by atoms with E-state index in [1.807, 2.05) is 0 Å². The molecule has 2 aliphatic heterocycles. The number of rotatable bonds is 8. The highest BCUT2D eigenvalue weighted by Gasteiger charge is 2.24. The lowest BCUT2D eigenvalue weighted by molar-refractivity contribution is 1.24. The summed E-state index contributed by atoms with van der Waals surface area (Å²) in [7, 11) is 0. The fourth-order valence-electron chi connectivity index (χ4n) is 1.61. The lowest BCUT2D eigenvalue weighted by Crippen LogP contribution is -1.80. The molecule has 2 heterocycles. The molecule has 0 bridgehead atoms. The molecule has 2 nitrogen and oxygen atoms in total. The molecule has 0 radical (unpaired) electrons. The third-order valence-corrected chi connectivity index (χ3v) is 11.5. The largest absolute Gasteiger partial charge is 0.198 e. The van der Waals surface area contributed by atoms with Gasteiger partial charge in [0.05, 0.1) is 29.1 Å². The van der Waals surface area contributed by atoms with Crippen LogP contribution in [-0.2, 0) is 0 Å². The van der Waals surface area contributed by atoms with E-state index in [2.05, 4.69) is 43.1 Å². The molecule has 0 fully saturated rings. The maximum Gasteiger partial charge on any atom is 0.0949 e. The Hall–Kier alpha value is 0.780. The Kier molecular flexibility index (Phi) is 10.8. The standard InChI is InChI=1S/C15H14N2S8/c16-3-1-5-20-14-15(21-6-2-4-17)25-13(24-14)7-12-22-10(8-18)11(9-19)23-12/h18-19H,1-2,5-6,8-9H2. The van der Waals surface area contributed by atoms with Crippen molar-refractivity contribution in [3.63, 3.8) is 0 Å². The molecular weight excluding hydrogens is 465 g/mol. The fraction of sp³-hybridized carbons (Fsp3) is 0.400. The van der Waals surface area contributed by atoms with Crippen molar-refractivity contribution in [1.29, 1.82) is 10.5 Å². The summed E-state index contributed by atoms with van der Waals surface area (Å²) >= 11 is 19.1. The normalized spacial score (nSPS) is 17.1. The first-order chi connectivity index (χ1) is 12.2. The van der Waals surface area contributed by atoms with Crippen LogP contribution in [0.4, 0.5) is 0 Å². The van der Waals surface area contributed by atoms with E-state index in [1.54, 1.807) is 70.6 Å². The van der Waals surface area contributed by atoms with Crippen molar-refractivity contribution in [2.75, 3.05) is 23.0 Å². The molecule has 0 saturated heterocycles. The van der Waals surface area contributed by atoms with Gasteiger partial charge < -0.3 is 0 Å². The van der Waals surface area contributed by atoms with Gasteiger partial charge in [0, 0.05) is 45.7 Å². The summed E-state index contributed by atoms with van der Waals surface area (Å²) in [4.78, 5) is 2.53. The first-order valence-electron chi connectivity index (χ1n) is 7.11. The second-order valence-electron chi connectivity index (χ2n) is 4.36. The van der Waals surface area contributed by atoms with E-state index in [0.717, 1.165) is 31.5 Å². The summed E-state index contributed by atoms with van der Waals surface area (Å²) < 4.78 is 4.74.